The summed E-state index contributed by atoms with van der Waals surface area (Å²) in [4.78, 5) is 22.1. The molecule has 5 nitrogen and oxygen atoms in total. The van der Waals surface area contributed by atoms with Gasteiger partial charge in [0.2, 0.25) is 0 Å². The lowest BCUT2D eigenvalue weighted by Gasteiger charge is -2.00. The van der Waals surface area contributed by atoms with Crippen LogP contribution in [-0.2, 0) is 0 Å². The predicted molar refractivity (Wildman–Crippen MR) is 45.3 cm³/mol. The second kappa shape index (κ2) is 3.01. The van der Waals surface area contributed by atoms with Crippen LogP contribution in [-0.4, -0.2) is 22.1 Å². The highest BCUT2D eigenvalue weighted by Gasteiger charge is 2.23. The number of carbonyl (C=O) groups is 1. The lowest BCUT2D eigenvalue weighted by atomic mass is 10.3. The number of amides is 1. The Labute approximate surface area is 74.2 Å². The molecule has 2 rings (SSSR count). The summed E-state index contributed by atoms with van der Waals surface area (Å²) in [5, 5.41) is 8.51. The second-order valence-corrected chi connectivity index (χ2v) is 3.08. The summed E-state index contributed by atoms with van der Waals surface area (Å²) in [6.45, 7) is 0. The number of nitrogens with zero attached hydrogens (tertiary/aromatic N) is 1. The predicted octanol–water partition coefficient (Wildman–Crippen LogP) is -0.338. The van der Waals surface area contributed by atoms with Crippen LogP contribution in [0.5, 0.6) is 0 Å². The molecule has 0 radical (unpaired) electrons. The van der Waals surface area contributed by atoms with Gasteiger partial charge in [0.05, 0.1) is 11.8 Å². The Morgan fingerprint density at radius 1 is 1.62 bits per heavy atom. The quantitative estimate of drug-likeness (QED) is 0.652. The minimum atomic E-state index is -0.358. The van der Waals surface area contributed by atoms with Crippen molar-refractivity contribution in [3.63, 3.8) is 0 Å². The van der Waals surface area contributed by atoms with Gasteiger partial charge in [-0.25, -0.2) is 5.10 Å². The molecular weight excluding hydrogens is 170 g/mol. The van der Waals surface area contributed by atoms with E-state index in [1.54, 1.807) is 0 Å². The zero-order chi connectivity index (χ0) is 9.26. The summed E-state index contributed by atoms with van der Waals surface area (Å²) in [6.07, 6.45) is 3.41. The van der Waals surface area contributed by atoms with Crippen LogP contribution >= 0.6 is 0 Å². The maximum Gasteiger partial charge on any atom is 0.264 e. The van der Waals surface area contributed by atoms with Gasteiger partial charge in [0, 0.05) is 12.1 Å². The number of rotatable bonds is 2. The van der Waals surface area contributed by atoms with E-state index in [1.165, 1.54) is 12.3 Å². The van der Waals surface area contributed by atoms with Crippen LogP contribution in [0.1, 0.15) is 23.2 Å². The fourth-order valence-electron chi connectivity index (χ4n) is 0.997. The van der Waals surface area contributed by atoms with Crippen LogP contribution in [0, 0.1) is 0 Å². The highest BCUT2D eigenvalue weighted by molar-refractivity contribution is 5.94. The third-order valence-corrected chi connectivity index (χ3v) is 1.84. The van der Waals surface area contributed by atoms with Crippen LogP contribution in [0.15, 0.2) is 17.1 Å². The minimum Gasteiger partial charge on any atom is -0.349 e. The van der Waals surface area contributed by atoms with Crippen molar-refractivity contribution in [2.75, 3.05) is 0 Å². The van der Waals surface area contributed by atoms with E-state index in [1.807, 2.05) is 0 Å². The van der Waals surface area contributed by atoms with Crippen molar-refractivity contribution in [3.8, 4) is 0 Å². The first kappa shape index (κ1) is 7.97. The number of nitrogens with one attached hydrogen (secondary N) is 2. The van der Waals surface area contributed by atoms with Gasteiger partial charge in [-0.1, -0.05) is 0 Å². The zero-order valence-corrected chi connectivity index (χ0v) is 6.91. The van der Waals surface area contributed by atoms with Gasteiger partial charge in [-0.05, 0) is 12.8 Å². The lowest BCUT2D eigenvalue weighted by molar-refractivity contribution is 0.0950. The minimum absolute atomic E-state index is 0.221. The van der Waals surface area contributed by atoms with E-state index in [0.29, 0.717) is 11.6 Å². The fourth-order valence-corrected chi connectivity index (χ4v) is 0.997. The van der Waals surface area contributed by atoms with Crippen LogP contribution in [0.4, 0.5) is 0 Å². The molecule has 0 bridgehead atoms. The van der Waals surface area contributed by atoms with Gasteiger partial charge in [0.1, 0.15) is 0 Å². The molecule has 13 heavy (non-hydrogen) atoms. The Kier molecular flexibility index (Phi) is 1.84. The Morgan fingerprint density at radius 3 is 3.00 bits per heavy atom. The summed E-state index contributed by atoms with van der Waals surface area (Å²) in [5.41, 5.74) is -0.0425. The van der Waals surface area contributed by atoms with Gasteiger partial charge in [0.25, 0.3) is 11.5 Å². The Hall–Kier alpha value is -1.65. The molecule has 5 heteroatoms. The summed E-state index contributed by atoms with van der Waals surface area (Å²) in [7, 11) is 0. The van der Waals surface area contributed by atoms with Crippen LogP contribution in [0.25, 0.3) is 0 Å². The van der Waals surface area contributed by atoms with Crippen molar-refractivity contribution in [1.82, 2.24) is 15.5 Å². The monoisotopic (exact) mass is 179 g/mol. The molecule has 0 aromatic carbocycles. The summed E-state index contributed by atoms with van der Waals surface area (Å²) in [6, 6.07) is 1.54. The molecule has 1 aromatic rings. The highest BCUT2D eigenvalue weighted by Crippen LogP contribution is 2.18. The van der Waals surface area contributed by atoms with Crippen LogP contribution < -0.4 is 10.9 Å². The summed E-state index contributed by atoms with van der Waals surface area (Å²) >= 11 is 0. The molecule has 1 saturated carbocycles. The molecule has 68 valence electrons. The van der Waals surface area contributed by atoms with Crippen molar-refractivity contribution in [2.24, 2.45) is 0 Å². The number of aromatic amines is 1. The molecule has 0 spiro atoms. The van der Waals surface area contributed by atoms with E-state index in [9.17, 15) is 9.59 Å². The van der Waals surface area contributed by atoms with Crippen LogP contribution in [0.3, 0.4) is 0 Å². The average Bonchev–Trinajstić information content (AvgIpc) is 2.88. The van der Waals surface area contributed by atoms with E-state index in [-0.39, 0.29) is 11.5 Å². The van der Waals surface area contributed by atoms with Crippen molar-refractivity contribution in [1.29, 1.82) is 0 Å². The zero-order valence-electron chi connectivity index (χ0n) is 6.91. The van der Waals surface area contributed by atoms with Crippen molar-refractivity contribution in [2.45, 2.75) is 18.9 Å². The van der Waals surface area contributed by atoms with Crippen molar-refractivity contribution >= 4 is 5.91 Å². The number of carbonyl (C=O) groups excluding carboxylic acids is 1. The van der Waals surface area contributed by atoms with Gasteiger partial charge >= 0.3 is 0 Å². The van der Waals surface area contributed by atoms with E-state index in [4.69, 9.17) is 0 Å². The first-order chi connectivity index (χ1) is 6.25. The largest absolute Gasteiger partial charge is 0.349 e. The maximum atomic E-state index is 11.3. The van der Waals surface area contributed by atoms with E-state index >= 15 is 0 Å². The number of H-pyrrole nitrogens is 1. The highest BCUT2D eigenvalue weighted by atomic mass is 16.2. The molecule has 0 atom stereocenters. The maximum absolute atomic E-state index is 11.3. The van der Waals surface area contributed by atoms with E-state index in [2.05, 4.69) is 15.5 Å². The number of hydrogen-bond donors (Lipinski definition) is 2. The molecule has 0 unspecified atom stereocenters. The van der Waals surface area contributed by atoms with E-state index in [0.717, 1.165) is 12.8 Å². The van der Waals surface area contributed by atoms with Gasteiger partial charge < -0.3 is 5.32 Å². The molecule has 1 aromatic heterocycles. The molecule has 1 amide bonds. The van der Waals surface area contributed by atoms with Crippen molar-refractivity contribution in [3.05, 3.63) is 28.2 Å². The number of aromatic nitrogens is 2. The van der Waals surface area contributed by atoms with E-state index < -0.39 is 0 Å². The van der Waals surface area contributed by atoms with Gasteiger partial charge in [-0.15, -0.1) is 0 Å². The molecule has 0 saturated heterocycles. The topological polar surface area (TPSA) is 74.8 Å². The first-order valence-corrected chi connectivity index (χ1v) is 4.11. The second-order valence-electron chi connectivity index (χ2n) is 3.08. The Bertz CT molecular complexity index is 381. The Morgan fingerprint density at radius 2 is 2.38 bits per heavy atom. The van der Waals surface area contributed by atoms with Crippen LogP contribution in [0.2, 0.25) is 0 Å². The number of hydrogen-bond acceptors (Lipinski definition) is 3. The molecule has 1 aliphatic carbocycles. The molecule has 1 heterocycles. The summed E-state index contributed by atoms with van der Waals surface area (Å²) < 4.78 is 0. The standard InChI is InChI=1S/C8H9N3O2/c12-7-3-5(4-9-11-7)8(13)10-6-1-2-6/h3-4,6H,1-2H2,(H,10,13)(H,11,12). The van der Waals surface area contributed by atoms with Gasteiger partial charge in [-0.3, -0.25) is 9.59 Å². The fraction of sp³-hybridized carbons (Fsp3) is 0.375. The smallest absolute Gasteiger partial charge is 0.264 e. The normalized spacial score (nSPS) is 15.4. The third-order valence-electron chi connectivity index (χ3n) is 1.84. The first-order valence-electron chi connectivity index (χ1n) is 4.11. The molecule has 1 aliphatic rings. The van der Waals surface area contributed by atoms with Crippen molar-refractivity contribution < 1.29 is 4.79 Å². The van der Waals surface area contributed by atoms with Gasteiger partial charge in [0.15, 0.2) is 0 Å². The average molecular weight is 179 g/mol. The summed E-state index contributed by atoms with van der Waals surface area (Å²) in [5.74, 6) is -0.221. The van der Waals surface area contributed by atoms with Gasteiger partial charge in [-0.2, -0.15) is 5.10 Å². The SMILES string of the molecule is O=C(NC1CC1)c1cn[nH]c(=O)c1. The Balaban J connectivity index is 2.14. The molecule has 0 aliphatic heterocycles. The third kappa shape index (κ3) is 1.93. The molecule has 1 fully saturated rings. The molecular formula is C8H9N3O2. The lowest BCUT2D eigenvalue weighted by Crippen LogP contribution is -2.26. The molecule has 2 N–H and O–H groups in total.